The van der Waals surface area contributed by atoms with Crippen molar-refractivity contribution in [2.24, 2.45) is 0 Å². The molecule has 20 heavy (non-hydrogen) atoms. The molecule has 1 saturated carbocycles. The van der Waals surface area contributed by atoms with Crippen molar-refractivity contribution >= 4 is 27.3 Å². The van der Waals surface area contributed by atoms with Crippen LogP contribution in [0.5, 0.6) is 0 Å². The summed E-state index contributed by atoms with van der Waals surface area (Å²) in [7, 11) is -3.78. The van der Waals surface area contributed by atoms with Crippen molar-refractivity contribution in [3.8, 4) is 0 Å². The topological polar surface area (TPSA) is 104 Å². The van der Waals surface area contributed by atoms with Gasteiger partial charge in [0.1, 0.15) is 9.09 Å². The maximum Gasteiger partial charge on any atom is 0.346 e. The summed E-state index contributed by atoms with van der Waals surface area (Å²) in [6, 6.07) is 0.857. The lowest BCUT2D eigenvalue weighted by molar-refractivity contribution is 0.0701. The van der Waals surface area contributed by atoms with Crippen LogP contribution in [0, 0.1) is 6.92 Å². The van der Waals surface area contributed by atoms with Crippen LogP contribution < -0.4 is 4.72 Å². The van der Waals surface area contributed by atoms with E-state index in [-0.39, 0.29) is 9.09 Å². The highest BCUT2D eigenvalue weighted by atomic mass is 32.2. The average Bonchev–Trinajstić information content (AvgIpc) is 2.75. The summed E-state index contributed by atoms with van der Waals surface area (Å²) >= 11 is 0.733. The number of carbonyl (C=O) groups is 1. The lowest BCUT2D eigenvalue weighted by Gasteiger charge is -2.27. The van der Waals surface area contributed by atoms with Crippen LogP contribution in [0.25, 0.3) is 0 Å². The summed E-state index contributed by atoms with van der Waals surface area (Å²) in [5.41, 5.74) is 0.423. The van der Waals surface area contributed by atoms with Gasteiger partial charge in [0.2, 0.25) is 10.0 Å². The van der Waals surface area contributed by atoms with Crippen molar-refractivity contribution in [3.63, 3.8) is 0 Å². The molecule has 2 rings (SSSR count). The number of sulfonamides is 1. The number of carboxylic acids is 1. The molecule has 1 aliphatic carbocycles. The number of thiophene rings is 1. The van der Waals surface area contributed by atoms with Gasteiger partial charge in [0.25, 0.3) is 0 Å². The van der Waals surface area contributed by atoms with Crippen LogP contribution in [0.3, 0.4) is 0 Å². The Bertz CT molecular complexity index is 607. The van der Waals surface area contributed by atoms with Crippen LogP contribution in [0.2, 0.25) is 0 Å². The summed E-state index contributed by atoms with van der Waals surface area (Å²) in [6.45, 7) is 1.56. The third-order valence-corrected chi connectivity index (χ3v) is 6.58. The first-order chi connectivity index (χ1) is 9.31. The highest BCUT2D eigenvalue weighted by molar-refractivity contribution is 7.91. The standard InChI is InChI=1S/C12H17NO5S2/c1-7-6-10(19-11(7)12(15)16)20(17,18)13-8-4-2-3-5-9(8)14/h6,8-9,13-14H,2-5H2,1H3,(H,15,16). The molecule has 8 heteroatoms. The molecule has 112 valence electrons. The van der Waals surface area contributed by atoms with Crippen LogP contribution in [0.1, 0.15) is 40.9 Å². The minimum Gasteiger partial charge on any atom is -0.477 e. The summed E-state index contributed by atoms with van der Waals surface area (Å²) in [6.07, 6.45) is 2.25. The zero-order valence-electron chi connectivity index (χ0n) is 11.0. The third-order valence-electron chi connectivity index (χ3n) is 3.39. The average molecular weight is 319 g/mol. The van der Waals surface area contributed by atoms with Crippen molar-refractivity contribution in [3.05, 3.63) is 16.5 Å². The van der Waals surface area contributed by atoms with Crippen molar-refractivity contribution < 1.29 is 23.4 Å². The predicted octanol–water partition coefficient (Wildman–Crippen LogP) is 1.34. The fourth-order valence-corrected chi connectivity index (χ4v) is 5.00. The number of aliphatic hydroxyl groups is 1. The van der Waals surface area contributed by atoms with E-state index in [0.29, 0.717) is 18.4 Å². The number of rotatable bonds is 4. The summed E-state index contributed by atoms with van der Waals surface area (Å²) in [4.78, 5) is 11.0. The molecule has 0 aromatic carbocycles. The van der Waals surface area contributed by atoms with Crippen molar-refractivity contribution in [1.29, 1.82) is 0 Å². The molecule has 0 spiro atoms. The summed E-state index contributed by atoms with van der Waals surface area (Å²) < 4.78 is 26.9. The zero-order chi connectivity index (χ0) is 14.9. The Morgan fingerprint density at radius 2 is 2.05 bits per heavy atom. The Hall–Kier alpha value is -0.960. The van der Waals surface area contributed by atoms with Gasteiger partial charge in [-0.1, -0.05) is 12.8 Å². The number of aliphatic hydroxyl groups excluding tert-OH is 1. The zero-order valence-corrected chi connectivity index (χ0v) is 12.6. The Kier molecular flexibility index (Phi) is 4.48. The van der Waals surface area contributed by atoms with E-state index in [2.05, 4.69) is 4.72 Å². The maximum atomic E-state index is 12.2. The van der Waals surface area contributed by atoms with E-state index in [1.54, 1.807) is 6.92 Å². The lowest BCUT2D eigenvalue weighted by atomic mass is 9.93. The number of nitrogens with one attached hydrogen (secondary N) is 1. The van der Waals surface area contributed by atoms with Crippen LogP contribution in [0.15, 0.2) is 10.3 Å². The Morgan fingerprint density at radius 1 is 1.40 bits per heavy atom. The van der Waals surface area contributed by atoms with E-state index in [1.807, 2.05) is 0 Å². The van der Waals surface area contributed by atoms with Gasteiger partial charge in [-0.2, -0.15) is 0 Å². The van der Waals surface area contributed by atoms with E-state index < -0.39 is 28.1 Å². The molecule has 6 nitrogen and oxygen atoms in total. The first-order valence-corrected chi connectivity index (χ1v) is 8.65. The molecule has 0 bridgehead atoms. The van der Waals surface area contributed by atoms with E-state index in [4.69, 9.17) is 5.11 Å². The van der Waals surface area contributed by atoms with Crippen molar-refractivity contribution in [2.45, 2.75) is 49.0 Å². The predicted molar refractivity (Wildman–Crippen MR) is 74.6 cm³/mol. The molecular formula is C12H17NO5S2. The largest absolute Gasteiger partial charge is 0.477 e. The molecule has 0 amide bonds. The quantitative estimate of drug-likeness (QED) is 0.777. The first-order valence-electron chi connectivity index (χ1n) is 6.35. The Morgan fingerprint density at radius 3 is 2.60 bits per heavy atom. The van der Waals surface area contributed by atoms with Crippen LogP contribution in [-0.4, -0.2) is 36.7 Å². The van der Waals surface area contributed by atoms with Crippen LogP contribution in [-0.2, 0) is 10.0 Å². The molecular weight excluding hydrogens is 302 g/mol. The lowest BCUT2D eigenvalue weighted by Crippen LogP contribution is -2.44. The number of hydrogen-bond donors (Lipinski definition) is 3. The molecule has 0 aliphatic heterocycles. The van der Waals surface area contributed by atoms with E-state index >= 15 is 0 Å². The maximum absolute atomic E-state index is 12.2. The SMILES string of the molecule is Cc1cc(S(=O)(=O)NC2CCCCC2O)sc1C(=O)O. The van der Waals surface area contributed by atoms with E-state index in [9.17, 15) is 18.3 Å². The van der Waals surface area contributed by atoms with Gasteiger partial charge in [0, 0.05) is 6.04 Å². The second kappa shape index (κ2) is 5.80. The molecule has 0 radical (unpaired) electrons. The van der Waals surface area contributed by atoms with Gasteiger partial charge in [0.05, 0.1) is 6.10 Å². The van der Waals surface area contributed by atoms with Gasteiger partial charge in [0.15, 0.2) is 0 Å². The van der Waals surface area contributed by atoms with Gasteiger partial charge < -0.3 is 10.2 Å². The molecule has 2 atom stereocenters. The second-order valence-electron chi connectivity index (χ2n) is 4.96. The van der Waals surface area contributed by atoms with Crippen LogP contribution in [0.4, 0.5) is 0 Å². The smallest absolute Gasteiger partial charge is 0.346 e. The number of hydrogen-bond acceptors (Lipinski definition) is 5. The number of carboxylic acid groups (broad SMARTS) is 1. The molecule has 0 saturated heterocycles. The fraction of sp³-hybridized carbons (Fsp3) is 0.583. The van der Waals surface area contributed by atoms with Crippen molar-refractivity contribution in [2.75, 3.05) is 0 Å². The monoisotopic (exact) mass is 319 g/mol. The van der Waals surface area contributed by atoms with Gasteiger partial charge in [-0.15, -0.1) is 11.3 Å². The minimum atomic E-state index is -3.78. The van der Waals surface area contributed by atoms with Gasteiger partial charge in [-0.05, 0) is 31.4 Å². The summed E-state index contributed by atoms with van der Waals surface area (Å²) in [5.74, 6) is -1.13. The highest BCUT2D eigenvalue weighted by Crippen LogP contribution is 2.27. The minimum absolute atomic E-state index is 0.0227. The molecule has 1 heterocycles. The third kappa shape index (κ3) is 3.20. The molecule has 1 aromatic heterocycles. The van der Waals surface area contributed by atoms with Gasteiger partial charge in [-0.3, -0.25) is 0 Å². The molecule has 1 fully saturated rings. The second-order valence-corrected chi connectivity index (χ2v) is 7.96. The molecule has 1 aromatic rings. The fourth-order valence-electron chi connectivity index (χ4n) is 2.30. The number of aromatic carboxylic acids is 1. The van der Waals surface area contributed by atoms with Gasteiger partial charge in [-0.25, -0.2) is 17.9 Å². The number of aryl methyl sites for hydroxylation is 1. The Labute approximate surface area is 121 Å². The highest BCUT2D eigenvalue weighted by Gasteiger charge is 2.29. The normalized spacial score (nSPS) is 23.7. The molecule has 2 unspecified atom stereocenters. The van der Waals surface area contributed by atoms with Crippen LogP contribution >= 0.6 is 11.3 Å². The van der Waals surface area contributed by atoms with E-state index in [0.717, 1.165) is 24.2 Å². The Balaban J connectivity index is 2.22. The molecule has 1 aliphatic rings. The van der Waals surface area contributed by atoms with E-state index in [1.165, 1.54) is 6.07 Å². The van der Waals surface area contributed by atoms with Crippen molar-refractivity contribution in [1.82, 2.24) is 4.72 Å². The van der Waals surface area contributed by atoms with Gasteiger partial charge >= 0.3 is 5.97 Å². The first kappa shape index (κ1) is 15.4. The summed E-state index contributed by atoms with van der Waals surface area (Å²) in [5, 5.41) is 18.8. The molecule has 3 N–H and O–H groups in total.